The smallest absolute Gasteiger partial charge is 0.239 e. The Labute approximate surface area is 151 Å². The molecule has 1 amide bonds. The molecule has 126 valence electrons. The minimum absolute atomic E-state index is 0. The summed E-state index contributed by atoms with van der Waals surface area (Å²) in [5, 5.41) is 9.86. The molecule has 2 heterocycles. The number of carbonyl (C=O) groups is 1. The first-order valence-corrected chi connectivity index (χ1v) is 7.06. The number of aromatic nitrogens is 1. The van der Waals surface area contributed by atoms with E-state index in [1.165, 1.54) is 6.20 Å². The van der Waals surface area contributed by atoms with Gasteiger partial charge in [0.2, 0.25) is 5.91 Å². The Morgan fingerprint density at radius 1 is 1.41 bits per heavy atom. The molecule has 1 aliphatic heterocycles. The molecule has 0 aliphatic carbocycles. The van der Waals surface area contributed by atoms with Gasteiger partial charge in [-0.05, 0) is 6.07 Å². The number of carbonyl (C=O) groups excluding carboxylic acids is 1. The van der Waals surface area contributed by atoms with E-state index in [1.807, 2.05) is 0 Å². The van der Waals surface area contributed by atoms with Crippen molar-refractivity contribution in [3.63, 3.8) is 0 Å². The maximum absolute atomic E-state index is 11.8. The van der Waals surface area contributed by atoms with Crippen LogP contribution in [0.15, 0.2) is 12.3 Å². The number of nitrogens with zero attached hydrogens (tertiary/aromatic N) is 1. The number of hydrogen-bond donors (Lipinski definition) is 3. The fourth-order valence-corrected chi connectivity index (χ4v) is 2.22. The quantitative estimate of drug-likeness (QED) is 0.666. The summed E-state index contributed by atoms with van der Waals surface area (Å²) < 4.78 is 5.23. The van der Waals surface area contributed by atoms with Gasteiger partial charge in [0.25, 0.3) is 0 Å². The molecule has 6 nitrogen and oxygen atoms in total. The van der Waals surface area contributed by atoms with Crippen LogP contribution >= 0.6 is 48.0 Å². The van der Waals surface area contributed by atoms with Crippen LogP contribution in [-0.2, 0) is 9.53 Å². The van der Waals surface area contributed by atoms with E-state index in [9.17, 15) is 4.79 Å². The molecule has 3 N–H and O–H groups in total. The molecule has 1 aromatic heterocycles. The van der Waals surface area contributed by atoms with Crippen molar-refractivity contribution >= 4 is 59.7 Å². The fraction of sp³-hybridized carbons (Fsp3) is 0.500. The van der Waals surface area contributed by atoms with E-state index in [0.717, 1.165) is 0 Å². The molecule has 1 aromatic rings. The largest absolute Gasteiger partial charge is 0.378 e. The van der Waals surface area contributed by atoms with Crippen LogP contribution < -0.4 is 16.0 Å². The van der Waals surface area contributed by atoms with Gasteiger partial charge in [-0.15, -0.1) is 24.8 Å². The van der Waals surface area contributed by atoms with E-state index in [1.54, 1.807) is 6.07 Å². The lowest BCUT2D eigenvalue weighted by Crippen LogP contribution is -2.51. The molecule has 1 unspecified atom stereocenters. The Morgan fingerprint density at radius 3 is 2.82 bits per heavy atom. The van der Waals surface area contributed by atoms with E-state index in [4.69, 9.17) is 27.9 Å². The Morgan fingerprint density at radius 2 is 2.18 bits per heavy atom. The van der Waals surface area contributed by atoms with Crippen molar-refractivity contribution in [2.45, 2.75) is 6.04 Å². The number of rotatable bonds is 5. The molecule has 0 bridgehead atoms. The van der Waals surface area contributed by atoms with Crippen LogP contribution in [0.2, 0.25) is 10.0 Å². The zero-order valence-electron chi connectivity index (χ0n) is 11.6. The molecule has 22 heavy (non-hydrogen) atoms. The molecule has 1 saturated heterocycles. The molecule has 0 saturated carbocycles. The first kappa shape index (κ1) is 21.5. The molecule has 0 radical (unpaired) electrons. The van der Waals surface area contributed by atoms with E-state index in [2.05, 4.69) is 20.9 Å². The summed E-state index contributed by atoms with van der Waals surface area (Å²) >= 11 is 11.7. The zero-order chi connectivity index (χ0) is 14.4. The third-order valence-corrected chi connectivity index (χ3v) is 3.26. The van der Waals surface area contributed by atoms with Gasteiger partial charge >= 0.3 is 0 Å². The highest BCUT2D eigenvalue weighted by Gasteiger charge is 2.20. The average Bonchev–Trinajstić information content (AvgIpc) is 2.46. The summed E-state index contributed by atoms with van der Waals surface area (Å²) in [4.78, 5) is 15.8. The molecule has 0 aromatic carbocycles. The van der Waals surface area contributed by atoms with Gasteiger partial charge in [-0.3, -0.25) is 4.79 Å². The Kier molecular flexibility index (Phi) is 10.8. The van der Waals surface area contributed by atoms with Crippen molar-refractivity contribution in [2.75, 3.05) is 38.2 Å². The third kappa shape index (κ3) is 6.73. The van der Waals surface area contributed by atoms with Gasteiger partial charge in [0.1, 0.15) is 11.9 Å². The monoisotopic (exact) mass is 390 g/mol. The maximum atomic E-state index is 11.8. The standard InChI is InChI=1S/C12H16Cl2N4O2.2ClH/c13-8-5-9(14)11(18-6-8)16-1-2-17-12(19)10-7-20-4-3-15-10;;/h5-6,10,15H,1-4,7H2,(H,16,18)(H,17,19);2*1H. The first-order chi connectivity index (χ1) is 9.66. The first-order valence-electron chi connectivity index (χ1n) is 6.30. The number of hydrogen-bond acceptors (Lipinski definition) is 5. The topological polar surface area (TPSA) is 75.3 Å². The molecular weight excluding hydrogens is 374 g/mol. The van der Waals surface area contributed by atoms with Gasteiger partial charge in [0.15, 0.2) is 0 Å². The average molecular weight is 392 g/mol. The van der Waals surface area contributed by atoms with Crippen molar-refractivity contribution < 1.29 is 9.53 Å². The zero-order valence-corrected chi connectivity index (χ0v) is 14.7. The van der Waals surface area contributed by atoms with Gasteiger partial charge in [-0.2, -0.15) is 0 Å². The molecule has 10 heteroatoms. The van der Waals surface area contributed by atoms with Crippen molar-refractivity contribution in [2.24, 2.45) is 0 Å². The minimum Gasteiger partial charge on any atom is -0.378 e. The van der Waals surface area contributed by atoms with Gasteiger partial charge in [-0.25, -0.2) is 4.98 Å². The van der Waals surface area contributed by atoms with Gasteiger partial charge < -0.3 is 20.7 Å². The van der Waals surface area contributed by atoms with Crippen LogP contribution in [0.3, 0.4) is 0 Å². The van der Waals surface area contributed by atoms with Crippen LogP contribution in [0, 0.1) is 0 Å². The van der Waals surface area contributed by atoms with Gasteiger partial charge in [0.05, 0.1) is 23.3 Å². The van der Waals surface area contributed by atoms with E-state index >= 15 is 0 Å². The normalized spacial score (nSPS) is 16.9. The second kappa shape index (κ2) is 11.1. The van der Waals surface area contributed by atoms with Crippen molar-refractivity contribution in [1.29, 1.82) is 0 Å². The van der Waals surface area contributed by atoms with Crippen LogP contribution in [-0.4, -0.2) is 49.8 Å². The van der Waals surface area contributed by atoms with Crippen molar-refractivity contribution in [1.82, 2.24) is 15.6 Å². The second-order valence-corrected chi connectivity index (χ2v) is 5.13. The molecule has 1 atom stereocenters. The number of anilines is 1. The summed E-state index contributed by atoms with van der Waals surface area (Å²) in [6.45, 7) is 2.74. The number of amides is 1. The van der Waals surface area contributed by atoms with E-state index in [-0.39, 0.29) is 36.8 Å². The summed E-state index contributed by atoms with van der Waals surface area (Å²) in [6, 6.07) is 1.33. The van der Waals surface area contributed by atoms with Crippen molar-refractivity contribution in [3.8, 4) is 0 Å². The fourth-order valence-electron chi connectivity index (χ4n) is 1.77. The van der Waals surface area contributed by atoms with E-state index < -0.39 is 0 Å². The SMILES string of the molecule is Cl.Cl.O=C(NCCNc1ncc(Cl)cc1Cl)C1COCCN1. The number of pyridine rings is 1. The summed E-state index contributed by atoms with van der Waals surface area (Å²) in [5.74, 6) is 0.478. The highest BCUT2D eigenvalue weighted by Crippen LogP contribution is 2.21. The molecule has 1 fully saturated rings. The Bertz CT molecular complexity index is 472. The number of morpholine rings is 1. The van der Waals surface area contributed by atoms with Gasteiger partial charge in [0, 0.05) is 25.8 Å². The summed E-state index contributed by atoms with van der Waals surface area (Å²) in [5.41, 5.74) is 0. The molecular formula is C12H18Cl4N4O2. The Balaban J connectivity index is 0.00000220. The summed E-state index contributed by atoms with van der Waals surface area (Å²) in [7, 11) is 0. The predicted molar refractivity (Wildman–Crippen MR) is 92.9 cm³/mol. The number of halogens is 4. The van der Waals surface area contributed by atoms with E-state index in [0.29, 0.717) is 48.7 Å². The van der Waals surface area contributed by atoms with Crippen LogP contribution in [0.25, 0.3) is 0 Å². The van der Waals surface area contributed by atoms with Gasteiger partial charge in [-0.1, -0.05) is 23.2 Å². The van der Waals surface area contributed by atoms with Crippen LogP contribution in [0.1, 0.15) is 0 Å². The van der Waals surface area contributed by atoms with Crippen LogP contribution in [0.5, 0.6) is 0 Å². The lowest BCUT2D eigenvalue weighted by molar-refractivity contribution is -0.125. The molecule has 1 aliphatic rings. The van der Waals surface area contributed by atoms with Crippen LogP contribution in [0.4, 0.5) is 5.82 Å². The molecule has 2 rings (SSSR count). The highest BCUT2D eigenvalue weighted by molar-refractivity contribution is 6.35. The molecule has 0 spiro atoms. The van der Waals surface area contributed by atoms with Crippen molar-refractivity contribution in [3.05, 3.63) is 22.3 Å². The highest BCUT2D eigenvalue weighted by atomic mass is 35.5. The number of nitrogens with one attached hydrogen (secondary N) is 3. The predicted octanol–water partition coefficient (Wildman–Crippen LogP) is 1.75. The minimum atomic E-state index is -0.277. The number of ether oxygens (including phenoxy) is 1. The second-order valence-electron chi connectivity index (χ2n) is 4.28. The lowest BCUT2D eigenvalue weighted by Gasteiger charge is -2.22. The summed E-state index contributed by atoms with van der Waals surface area (Å²) in [6.07, 6.45) is 1.51. The maximum Gasteiger partial charge on any atom is 0.239 e. The Hall–Kier alpha value is -0.500. The third-order valence-electron chi connectivity index (χ3n) is 2.76. The lowest BCUT2D eigenvalue weighted by atomic mass is 10.2.